The molecule has 11 heavy (non-hydrogen) atoms. The van der Waals surface area contributed by atoms with Gasteiger partial charge in [-0.25, -0.2) is 0 Å². The summed E-state index contributed by atoms with van der Waals surface area (Å²) in [6.07, 6.45) is 5.57. The SMILES string of the molecule is IC1CCc2ncccc2C1. The minimum absolute atomic E-state index is 0.823. The van der Waals surface area contributed by atoms with Crippen molar-refractivity contribution in [3.8, 4) is 0 Å². The molecule has 0 fully saturated rings. The largest absolute Gasteiger partial charge is 0.261 e. The van der Waals surface area contributed by atoms with Gasteiger partial charge in [-0.05, 0) is 30.9 Å². The lowest BCUT2D eigenvalue weighted by Crippen LogP contribution is -2.14. The molecule has 0 spiro atoms. The monoisotopic (exact) mass is 259 g/mol. The first-order chi connectivity index (χ1) is 5.36. The van der Waals surface area contributed by atoms with Gasteiger partial charge in [0.15, 0.2) is 0 Å². The van der Waals surface area contributed by atoms with Gasteiger partial charge in [0, 0.05) is 15.8 Å². The molecule has 2 heteroatoms. The molecule has 1 aromatic rings. The molecule has 1 unspecified atom stereocenters. The van der Waals surface area contributed by atoms with Crippen molar-refractivity contribution in [2.24, 2.45) is 0 Å². The number of rotatable bonds is 0. The number of alkyl halides is 1. The van der Waals surface area contributed by atoms with Crippen LogP contribution < -0.4 is 0 Å². The minimum atomic E-state index is 0.823. The number of aryl methyl sites for hydroxylation is 1. The van der Waals surface area contributed by atoms with Crippen molar-refractivity contribution in [2.75, 3.05) is 0 Å². The molecule has 0 bridgehead atoms. The van der Waals surface area contributed by atoms with E-state index in [0.717, 1.165) is 3.92 Å². The van der Waals surface area contributed by atoms with E-state index < -0.39 is 0 Å². The number of halogens is 1. The van der Waals surface area contributed by atoms with E-state index in [0.29, 0.717) is 0 Å². The average Bonchev–Trinajstić information content (AvgIpc) is 2.04. The predicted molar refractivity (Wildman–Crippen MR) is 54.1 cm³/mol. The van der Waals surface area contributed by atoms with Crippen molar-refractivity contribution in [1.29, 1.82) is 0 Å². The van der Waals surface area contributed by atoms with E-state index in [9.17, 15) is 0 Å². The molecule has 1 nitrogen and oxygen atoms in total. The van der Waals surface area contributed by atoms with E-state index in [1.54, 1.807) is 0 Å². The van der Waals surface area contributed by atoms with Crippen LogP contribution in [0.3, 0.4) is 0 Å². The maximum Gasteiger partial charge on any atom is 0.0436 e. The van der Waals surface area contributed by atoms with Gasteiger partial charge < -0.3 is 0 Å². The molecule has 1 aliphatic rings. The number of fused-ring (bicyclic) bond motifs is 1. The lowest BCUT2D eigenvalue weighted by molar-refractivity contribution is 0.702. The molecular formula is C9H10IN. The van der Waals surface area contributed by atoms with Crippen molar-refractivity contribution in [3.63, 3.8) is 0 Å². The molecule has 0 N–H and O–H groups in total. The van der Waals surface area contributed by atoms with Gasteiger partial charge >= 0.3 is 0 Å². The van der Waals surface area contributed by atoms with Gasteiger partial charge in [-0.3, -0.25) is 4.98 Å². The van der Waals surface area contributed by atoms with Crippen LogP contribution in [-0.4, -0.2) is 8.91 Å². The fourth-order valence-corrected chi connectivity index (χ4v) is 2.30. The molecule has 0 saturated heterocycles. The number of pyridine rings is 1. The molecule has 1 atom stereocenters. The summed E-state index contributed by atoms with van der Waals surface area (Å²) in [5.74, 6) is 0. The van der Waals surface area contributed by atoms with Gasteiger partial charge in [-0.2, -0.15) is 0 Å². The molecule has 0 aromatic carbocycles. The fraction of sp³-hybridized carbons (Fsp3) is 0.444. The van der Waals surface area contributed by atoms with E-state index in [-0.39, 0.29) is 0 Å². The number of nitrogens with zero attached hydrogens (tertiary/aromatic N) is 1. The van der Waals surface area contributed by atoms with Crippen molar-refractivity contribution in [1.82, 2.24) is 4.98 Å². The first-order valence-electron chi connectivity index (χ1n) is 3.93. The first kappa shape index (κ1) is 7.53. The van der Waals surface area contributed by atoms with Crippen LogP contribution in [0, 0.1) is 0 Å². The highest BCUT2D eigenvalue weighted by molar-refractivity contribution is 14.1. The molecule has 2 rings (SSSR count). The summed E-state index contributed by atoms with van der Waals surface area (Å²) in [6.45, 7) is 0. The molecule has 0 aliphatic heterocycles. The Bertz CT molecular complexity index is 259. The fourth-order valence-electron chi connectivity index (χ4n) is 1.52. The maximum absolute atomic E-state index is 4.35. The number of hydrogen-bond acceptors (Lipinski definition) is 1. The Morgan fingerprint density at radius 3 is 3.36 bits per heavy atom. The third-order valence-corrected chi connectivity index (χ3v) is 3.18. The summed E-state index contributed by atoms with van der Waals surface area (Å²) in [6, 6.07) is 4.24. The highest BCUT2D eigenvalue weighted by Crippen LogP contribution is 2.23. The zero-order chi connectivity index (χ0) is 7.68. The lowest BCUT2D eigenvalue weighted by atomic mass is 9.96. The Balaban J connectivity index is 2.34. The molecular weight excluding hydrogens is 249 g/mol. The van der Waals surface area contributed by atoms with Crippen LogP contribution in [0.4, 0.5) is 0 Å². The second-order valence-electron chi connectivity index (χ2n) is 2.95. The van der Waals surface area contributed by atoms with Gasteiger partial charge in [0.25, 0.3) is 0 Å². The van der Waals surface area contributed by atoms with Gasteiger partial charge in [0.2, 0.25) is 0 Å². The molecule has 58 valence electrons. The third-order valence-electron chi connectivity index (χ3n) is 2.12. The van der Waals surface area contributed by atoms with Crippen LogP contribution in [0.5, 0.6) is 0 Å². The van der Waals surface area contributed by atoms with E-state index in [1.807, 2.05) is 12.3 Å². The molecule has 1 aliphatic carbocycles. The van der Waals surface area contributed by atoms with Crippen LogP contribution in [0.1, 0.15) is 17.7 Å². The molecule has 0 amide bonds. The second-order valence-corrected chi connectivity index (χ2v) is 4.71. The van der Waals surface area contributed by atoms with E-state index in [1.165, 1.54) is 30.5 Å². The first-order valence-corrected chi connectivity index (χ1v) is 5.17. The summed E-state index contributed by atoms with van der Waals surface area (Å²) in [5, 5.41) is 0. The highest BCUT2D eigenvalue weighted by Gasteiger charge is 2.15. The van der Waals surface area contributed by atoms with E-state index in [4.69, 9.17) is 0 Å². The third kappa shape index (κ3) is 1.55. The van der Waals surface area contributed by atoms with Crippen molar-refractivity contribution in [3.05, 3.63) is 29.6 Å². The average molecular weight is 259 g/mol. The normalized spacial score (nSPS) is 22.8. The number of aromatic nitrogens is 1. The van der Waals surface area contributed by atoms with Crippen LogP contribution in [0.2, 0.25) is 0 Å². The molecule has 0 saturated carbocycles. The summed E-state index contributed by atoms with van der Waals surface area (Å²) in [5.41, 5.74) is 2.78. The Hall–Kier alpha value is -0.120. The number of hydrogen-bond donors (Lipinski definition) is 0. The zero-order valence-electron chi connectivity index (χ0n) is 6.26. The Morgan fingerprint density at radius 2 is 2.45 bits per heavy atom. The Kier molecular flexibility index (Phi) is 2.11. The van der Waals surface area contributed by atoms with Crippen LogP contribution in [0.25, 0.3) is 0 Å². The predicted octanol–water partition coefficient (Wildman–Crippen LogP) is 2.37. The van der Waals surface area contributed by atoms with Crippen molar-refractivity contribution >= 4 is 22.6 Å². The van der Waals surface area contributed by atoms with Crippen LogP contribution in [0.15, 0.2) is 18.3 Å². The van der Waals surface area contributed by atoms with Gasteiger partial charge in [-0.15, -0.1) is 0 Å². The van der Waals surface area contributed by atoms with E-state index >= 15 is 0 Å². The molecule has 1 heterocycles. The van der Waals surface area contributed by atoms with Crippen molar-refractivity contribution < 1.29 is 0 Å². The smallest absolute Gasteiger partial charge is 0.0436 e. The standard InChI is InChI=1S/C9H10IN/c10-8-3-4-9-7(6-8)2-1-5-11-9/h1-2,5,8H,3-4,6H2. The van der Waals surface area contributed by atoms with Crippen molar-refractivity contribution in [2.45, 2.75) is 23.2 Å². The summed E-state index contributed by atoms with van der Waals surface area (Å²) >= 11 is 2.53. The summed E-state index contributed by atoms with van der Waals surface area (Å²) in [4.78, 5) is 4.35. The van der Waals surface area contributed by atoms with Gasteiger partial charge in [0.05, 0.1) is 0 Å². The van der Waals surface area contributed by atoms with Gasteiger partial charge in [0.1, 0.15) is 0 Å². The maximum atomic E-state index is 4.35. The van der Waals surface area contributed by atoms with E-state index in [2.05, 4.69) is 33.6 Å². The summed E-state index contributed by atoms with van der Waals surface area (Å²) < 4.78 is 0.823. The molecule has 0 radical (unpaired) electrons. The quantitative estimate of drug-likeness (QED) is 0.515. The topological polar surface area (TPSA) is 12.9 Å². The highest BCUT2D eigenvalue weighted by atomic mass is 127. The molecule has 1 aromatic heterocycles. The second kappa shape index (κ2) is 3.09. The van der Waals surface area contributed by atoms with Gasteiger partial charge in [-0.1, -0.05) is 28.7 Å². The Labute approximate surface area is 80.4 Å². The van der Waals surface area contributed by atoms with Crippen LogP contribution in [-0.2, 0) is 12.8 Å². The lowest BCUT2D eigenvalue weighted by Gasteiger charge is -2.18. The summed E-state index contributed by atoms with van der Waals surface area (Å²) in [7, 11) is 0. The Morgan fingerprint density at radius 1 is 1.55 bits per heavy atom. The zero-order valence-corrected chi connectivity index (χ0v) is 8.41. The van der Waals surface area contributed by atoms with Crippen LogP contribution >= 0.6 is 22.6 Å². The minimum Gasteiger partial charge on any atom is -0.261 e.